The van der Waals surface area contributed by atoms with Crippen LogP contribution in [0.3, 0.4) is 0 Å². The zero-order chi connectivity index (χ0) is 10.7. The summed E-state index contributed by atoms with van der Waals surface area (Å²) in [6, 6.07) is 2.96. The van der Waals surface area contributed by atoms with Crippen molar-refractivity contribution in [2.24, 2.45) is 5.92 Å². The monoisotopic (exact) mass is 223 g/mol. The maximum Gasteiger partial charge on any atom is 0.0331 e. The Morgan fingerprint density at radius 2 is 2.33 bits per heavy atom. The summed E-state index contributed by atoms with van der Waals surface area (Å²) in [5.74, 6) is 1.000. The maximum atomic E-state index is 3.68. The van der Waals surface area contributed by atoms with Crippen molar-refractivity contribution in [1.82, 2.24) is 5.32 Å². The van der Waals surface area contributed by atoms with Gasteiger partial charge in [0.25, 0.3) is 0 Å². The molecule has 0 amide bonds. The minimum Gasteiger partial charge on any atom is -0.310 e. The van der Waals surface area contributed by atoms with Gasteiger partial charge < -0.3 is 5.32 Å². The van der Waals surface area contributed by atoms with Gasteiger partial charge in [-0.2, -0.15) is 0 Å². The Labute approximate surface area is 96.9 Å². The molecule has 1 aliphatic rings. The number of thiophene rings is 1. The molecule has 15 heavy (non-hydrogen) atoms. The molecule has 1 aromatic rings. The quantitative estimate of drug-likeness (QED) is 0.771. The van der Waals surface area contributed by atoms with Gasteiger partial charge in [0, 0.05) is 10.9 Å². The number of hydrogen-bond acceptors (Lipinski definition) is 2. The van der Waals surface area contributed by atoms with Crippen LogP contribution in [0.2, 0.25) is 0 Å². The van der Waals surface area contributed by atoms with Crippen molar-refractivity contribution in [2.45, 2.75) is 45.6 Å². The number of aryl methyl sites for hydroxylation is 1. The van der Waals surface area contributed by atoms with Gasteiger partial charge in [-0.25, -0.2) is 0 Å². The van der Waals surface area contributed by atoms with Crippen molar-refractivity contribution in [1.29, 1.82) is 0 Å². The Balaban J connectivity index is 1.96. The van der Waals surface area contributed by atoms with Crippen molar-refractivity contribution >= 4 is 11.3 Å². The molecule has 1 saturated carbocycles. The van der Waals surface area contributed by atoms with Crippen LogP contribution in [0.25, 0.3) is 0 Å². The van der Waals surface area contributed by atoms with E-state index in [1.807, 2.05) is 11.3 Å². The van der Waals surface area contributed by atoms with Crippen molar-refractivity contribution in [3.63, 3.8) is 0 Å². The first kappa shape index (κ1) is 11.2. The SMILES string of the molecule is CCCNC(CC1CC1)c1csc(C)c1. The topological polar surface area (TPSA) is 12.0 Å². The molecule has 1 aromatic heterocycles. The lowest BCUT2D eigenvalue weighted by Gasteiger charge is -2.17. The molecule has 0 spiro atoms. The zero-order valence-electron chi connectivity index (χ0n) is 9.75. The highest BCUT2D eigenvalue weighted by molar-refractivity contribution is 7.10. The van der Waals surface area contributed by atoms with Gasteiger partial charge in [0.05, 0.1) is 0 Å². The minimum absolute atomic E-state index is 0.613. The van der Waals surface area contributed by atoms with Gasteiger partial charge in [0.15, 0.2) is 0 Å². The fraction of sp³-hybridized carbons (Fsp3) is 0.692. The number of rotatable bonds is 6. The van der Waals surface area contributed by atoms with E-state index in [1.165, 1.54) is 36.1 Å². The molecule has 0 aromatic carbocycles. The molecule has 0 bridgehead atoms. The Hall–Kier alpha value is -0.340. The summed E-state index contributed by atoms with van der Waals surface area (Å²) >= 11 is 1.87. The lowest BCUT2D eigenvalue weighted by atomic mass is 10.0. The largest absolute Gasteiger partial charge is 0.310 e. The molecule has 0 aliphatic heterocycles. The molecular formula is C13H21NS. The van der Waals surface area contributed by atoms with Crippen molar-refractivity contribution in [3.05, 3.63) is 21.9 Å². The summed E-state index contributed by atoms with van der Waals surface area (Å²) in [7, 11) is 0. The molecule has 1 unspecified atom stereocenters. The van der Waals surface area contributed by atoms with Crippen molar-refractivity contribution in [3.8, 4) is 0 Å². The van der Waals surface area contributed by atoms with Crippen LogP contribution < -0.4 is 5.32 Å². The summed E-state index contributed by atoms with van der Waals surface area (Å²) in [6.45, 7) is 5.58. The van der Waals surface area contributed by atoms with Crippen LogP contribution in [0.15, 0.2) is 11.4 Å². The first-order valence-corrected chi connectivity index (χ1v) is 6.96. The molecule has 2 heteroatoms. The fourth-order valence-corrected chi connectivity index (χ4v) is 2.75. The van der Waals surface area contributed by atoms with E-state index in [9.17, 15) is 0 Å². The van der Waals surface area contributed by atoms with Crippen LogP contribution in [-0.4, -0.2) is 6.54 Å². The standard InChI is InChI=1S/C13H21NS/c1-3-6-14-13(8-11-4-5-11)12-7-10(2)15-9-12/h7,9,11,13-14H,3-6,8H2,1-2H3. The fourth-order valence-electron chi connectivity index (χ4n) is 1.99. The average molecular weight is 223 g/mol. The highest BCUT2D eigenvalue weighted by Gasteiger charge is 2.26. The third-order valence-corrected chi connectivity index (χ3v) is 3.94. The van der Waals surface area contributed by atoms with Gasteiger partial charge in [-0.1, -0.05) is 19.8 Å². The predicted octanol–water partition coefficient (Wildman–Crippen LogP) is 3.90. The maximum absolute atomic E-state index is 3.68. The lowest BCUT2D eigenvalue weighted by Crippen LogP contribution is -2.22. The second kappa shape index (κ2) is 5.13. The van der Waals surface area contributed by atoms with E-state index in [2.05, 4.69) is 30.6 Å². The van der Waals surface area contributed by atoms with E-state index in [-0.39, 0.29) is 0 Å². The molecule has 1 aliphatic carbocycles. The molecule has 1 fully saturated rings. The van der Waals surface area contributed by atoms with Crippen LogP contribution in [0.4, 0.5) is 0 Å². The van der Waals surface area contributed by atoms with Crippen LogP contribution in [0.1, 0.15) is 49.1 Å². The highest BCUT2D eigenvalue weighted by Crippen LogP contribution is 2.38. The summed E-state index contributed by atoms with van der Waals surface area (Å²) in [5.41, 5.74) is 1.51. The lowest BCUT2D eigenvalue weighted by molar-refractivity contribution is 0.475. The first-order valence-electron chi connectivity index (χ1n) is 6.08. The van der Waals surface area contributed by atoms with Gasteiger partial charge in [-0.05, 0) is 49.2 Å². The number of hydrogen-bond donors (Lipinski definition) is 1. The van der Waals surface area contributed by atoms with E-state index in [1.54, 1.807) is 0 Å². The van der Waals surface area contributed by atoms with Gasteiger partial charge in [0.2, 0.25) is 0 Å². The molecule has 1 nitrogen and oxygen atoms in total. The molecule has 0 saturated heterocycles. The van der Waals surface area contributed by atoms with Crippen molar-refractivity contribution < 1.29 is 0 Å². The Kier molecular flexibility index (Phi) is 3.81. The molecule has 84 valence electrons. The van der Waals surface area contributed by atoms with Gasteiger partial charge in [0.1, 0.15) is 0 Å². The van der Waals surface area contributed by atoms with E-state index in [4.69, 9.17) is 0 Å². The molecule has 2 rings (SSSR count). The molecule has 1 N–H and O–H groups in total. The van der Waals surface area contributed by atoms with Gasteiger partial charge >= 0.3 is 0 Å². The van der Waals surface area contributed by atoms with E-state index >= 15 is 0 Å². The Morgan fingerprint density at radius 3 is 2.87 bits per heavy atom. The third kappa shape index (κ3) is 3.32. The summed E-state index contributed by atoms with van der Waals surface area (Å²) < 4.78 is 0. The van der Waals surface area contributed by atoms with Crippen LogP contribution in [0, 0.1) is 12.8 Å². The summed E-state index contributed by atoms with van der Waals surface area (Å²) in [5, 5.41) is 6.00. The first-order chi connectivity index (χ1) is 7.29. The van der Waals surface area contributed by atoms with Gasteiger partial charge in [-0.15, -0.1) is 11.3 Å². The van der Waals surface area contributed by atoms with E-state index < -0.39 is 0 Å². The van der Waals surface area contributed by atoms with E-state index in [0.717, 1.165) is 12.5 Å². The Morgan fingerprint density at radius 1 is 1.53 bits per heavy atom. The Bertz CT molecular complexity index is 301. The average Bonchev–Trinajstić information content (AvgIpc) is 2.94. The van der Waals surface area contributed by atoms with E-state index in [0.29, 0.717) is 6.04 Å². The zero-order valence-corrected chi connectivity index (χ0v) is 10.6. The summed E-state index contributed by atoms with van der Waals surface area (Å²) in [6.07, 6.45) is 5.47. The third-order valence-electron chi connectivity index (χ3n) is 3.06. The number of nitrogens with one attached hydrogen (secondary N) is 1. The highest BCUT2D eigenvalue weighted by atomic mass is 32.1. The van der Waals surface area contributed by atoms with Crippen LogP contribution >= 0.6 is 11.3 Å². The normalized spacial score (nSPS) is 18.0. The van der Waals surface area contributed by atoms with Crippen LogP contribution in [-0.2, 0) is 0 Å². The van der Waals surface area contributed by atoms with Crippen molar-refractivity contribution in [2.75, 3.05) is 6.54 Å². The molecule has 1 heterocycles. The van der Waals surface area contributed by atoms with Crippen LogP contribution in [0.5, 0.6) is 0 Å². The smallest absolute Gasteiger partial charge is 0.0331 e. The predicted molar refractivity (Wildman–Crippen MR) is 67.4 cm³/mol. The molecule has 0 radical (unpaired) electrons. The summed E-state index contributed by atoms with van der Waals surface area (Å²) in [4.78, 5) is 1.43. The second-order valence-corrected chi connectivity index (χ2v) is 5.79. The van der Waals surface area contributed by atoms with Gasteiger partial charge in [-0.3, -0.25) is 0 Å². The second-order valence-electron chi connectivity index (χ2n) is 4.68. The minimum atomic E-state index is 0.613. The molecule has 1 atom stereocenters. The molecular weight excluding hydrogens is 202 g/mol.